The minimum absolute atomic E-state index is 0. The van der Waals surface area contributed by atoms with Gasteiger partial charge in [-0.25, -0.2) is 0 Å². The van der Waals surface area contributed by atoms with E-state index in [4.69, 9.17) is 4.74 Å². The second kappa shape index (κ2) is 20.5. The van der Waals surface area contributed by atoms with E-state index in [0.29, 0.717) is 0 Å². The number of hydrogen-bond donors (Lipinski definition) is 0. The van der Waals surface area contributed by atoms with Crippen LogP contribution in [0.15, 0.2) is 0 Å². The monoisotopic (exact) mass is 433 g/mol. The fourth-order valence-electron chi connectivity index (χ4n) is 1.15. The Morgan fingerprint density at radius 1 is 0.600 bits per heavy atom. The summed E-state index contributed by atoms with van der Waals surface area (Å²) in [6, 6.07) is 0. The van der Waals surface area contributed by atoms with Gasteiger partial charge in [-0.05, 0) is 77.0 Å². The summed E-state index contributed by atoms with van der Waals surface area (Å²) in [4.78, 5) is 0. The number of ether oxygens (including phenoxy) is 1. The zero-order valence-electron chi connectivity index (χ0n) is 12.8. The average molecular weight is 432 g/mol. The van der Waals surface area contributed by atoms with E-state index in [0.717, 1.165) is 13.2 Å². The van der Waals surface area contributed by atoms with Crippen molar-refractivity contribution in [3.63, 3.8) is 0 Å². The molecule has 1 heterocycles. The third kappa shape index (κ3) is 24.5. The van der Waals surface area contributed by atoms with Crippen LogP contribution in [0.2, 0.25) is 0 Å². The molecule has 120 valence electrons. The third-order valence-electron chi connectivity index (χ3n) is 1.94. The normalized spacial score (nSPS) is 19.8. The van der Waals surface area contributed by atoms with E-state index in [1.807, 2.05) is 64.2 Å². The van der Waals surface area contributed by atoms with Gasteiger partial charge in [0.1, 0.15) is 0 Å². The first-order valence-electron chi connectivity index (χ1n) is 6.91. The minimum atomic E-state index is 0. The van der Waals surface area contributed by atoms with E-state index >= 15 is 0 Å². The summed E-state index contributed by atoms with van der Waals surface area (Å²) in [5.41, 5.74) is 0. The van der Waals surface area contributed by atoms with E-state index < -0.39 is 0 Å². The summed E-state index contributed by atoms with van der Waals surface area (Å²) in [5, 5.41) is 0. The summed E-state index contributed by atoms with van der Waals surface area (Å²) in [6.45, 7) is 8.25. The van der Waals surface area contributed by atoms with E-state index in [1.165, 1.54) is 18.8 Å². The summed E-state index contributed by atoms with van der Waals surface area (Å²) in [5.74, 6) is 1.42. The summed E-state index contributed by atoms with van der Waals surface area (Å²) >= 11 is 0. The van der Waals surface area contributed by atoms with Crippen LogP contribution in [-0.4, -0.2) is 13.2 Å². The number of hydrogen-bond acceptors (Lipinski definition) is 1. The quantitative estimate of drug-likeness (QED) is 0.514. The Morgan fingerprint density at radius 3 is 0.900 bits per heavy atom. The van der Waals surface area contributed by atoms with Crippen LogP contribution in [0.25, 0.3) is 0 Å². The molecule has 2 heteroatoms. The van der Waals surface area contributed by atoms with Gasteiger partial charge in [0.05, 0.1) is 0 Å². The van der Waals surface area contributed by atoms with Crippen molar-refractivity contribution in [1.82, 2.24) is 0 Å². The summed E-state index contributed by atoms with van der Waals surface area (Å²) in [6.07, 6.45) is 22.6. The van der Waals surface area contributed by atoms with Gasteiger partial charge in [-0.2, -0.15) is 20.8 Å². The molecule has 10 radical (unpaired) electrons. The van der Waals surface area contributed by atoms with Crippen molar-refractivity contribution < 1.29 is 51.7 Å². The van der Waals surface area contributed by atoms with E-state index in [9.17, 15) is 0 Å². The fourth-order valence-corrected chi connectivity index (χ4v) is 1.15. The SMILES string of the molecule is C1CCOC1.C[C-](C)C.[CH]1[CH][CH][CH][CH]1.[CH]1[CH][CH][CH][CH]1.[Yb]. The molecular weight excluding hydrogens is 405 g/mol. The Balaban J connectivity index is 0. The maximum Gasteiger partial charge on any atom is 0.0466 e. The van der Waals surface area contributed by atoms with Crippen molar-refractivity contribution in [2.45, 2.75) is 33.6 Å². The summed E-state index contributed by atoms with van der Waals surface area (Å²) in [7, 11) is 0. The molecule has 20 heavy (non-hydrogen) atoms. The van der Waals surface area contributed by atoms with Crippen molar-refractivity contribution in [3.05, 3.63) is 70.1 Å². The molecule has 1 nitrogen and oxygen atoms in total. The van der Waals surface area contributed by atoms with Gasteiger partial charge in [-0.1, -0.05) is 0 Å². The average Bonchev–Trinajstić information content (AvgIpc) is 3.18. The molecule has 2 aliphatic carbocycles. The van der Waals surface area contributed by atoms with Gasteiger partial charge < -0.3 is 10.7 Å². The van der Waals surface area contributed by atoms with Crippen LogP contribution in [-0.2, 0) is 4.74 Å². The second-order valence-corrected chi connectivity index (χ2v) is 4.74. The molecule has 3 fully saturated rings. The first-order chi connectivity index (χ1) is 9.23. The Hall–Kier alpha value is 1.48. The third-order valence-corrected chi connectivity index (χ3v) is 1.94. The van der Waals surface area contributed by atoms with Gasteiger partial charge in [0.25, 0.3) is 0 Å². The van der Waals surface area contributed by atoms with E-state index in [-0.39, 0.29) is 46.9 Å². The predicted molar refractivity (Wildman–Crippen MR) is 83.3 cm³/mol. The van der Waals surface area contributed by atoms with E-state index in [1.54, 1.807) is 0 Å². The molecule has 0 spiro atoms. The predicted octanol–water partition coefficient (Wildman–Crippen LogP) is 4.46. The molecule has 1 aliphatic heterocycles. The Morgan fingerprint density at radius 2 is 0.800 bits per heavy atom. The Bertz CT molecular complexity index is 98.1. The molecule has 0 aromatic rings. The summed E-state index contributed by atoms with van der Waals surface area (Å²) < 4.78 is 4.94. The molecule has 2 saturated carbocycles. The minimum Gasteiger partial charge on any atom is -0.381 e. The van der Waals surface area contributed by atoms with Crippen LogP contribution in [0, 0.1) is 117 Å². The zero-order valence-corrected chi connectivity index (χ0v) is 14.5. The Kier molecular flexibility index (Phi) is 24.3. The van der Waals surface area contributed by atoms with Crippen LogP contribution in [0.3, 0.4) is 0 Å². The molecule has 1 saturated heterocycles. The van der Waals surface area contributed by atoms with Crippen LogP contribution in [0.1, 0.15) is 33.6 Å². The van der Waals surface area contributed by atoms with Gasteiger partial charge in [-0.15, -0.1) is 0 Å². The standard InChI is InChI=1S/2C5H5.C4H8O.C4H9.Yb/c3*1-2-4-5-3-1;1-4(2)3;/h2*1-5H;1-4H2;1-3H3;/q;;;-1;. The van der Waals surface area contributed by atoms with Gasteiger partial charge in [0, 0.05) is 60.1 Å². The van der Waals surface area contributed by atoms with Gasteiger partial charge in [-0.3, -0.25) is 0 Å². The molecule has 0 N–H and O–H groups in total. The first-order valence-corrected chi connectivity index (χ1v) is 6.91. The van der Waals surface area contributed by atoms with Gasteiger partial charge in [0.15, 0.2) is 0 Å². The Labute approximate surface area is 167 Å². The molecule has 0 unspecified atom stereocenters. The molecular formula is C18H27OYb-. The molecule has 3 aliphatic rings. The maximum atomic E-state index is 4.94. The van der Waals surface area contributed by atoms with Crippen molar-refractivity contribution in [1.29, 1.82) is 0 Å². The van der Waals surface area contributed by atoms with Crippen molar-refractivity contribution in [2.75, 3.05) is 13.2 Å². The van der Waals surface area contributed by atoms with Crippen LogP contribution >= 0.6 is 0 Å². The molecule has 0 amide bonds. The van der Waals surface area contributed by atoms with Crippen LogP contribution < -0.4 is 0 Å². The fraction of sp³-hybridized carbons (Fsp3) is 0.389. The molecule has 0 aromatic heterocycles. The molecule has 0 bridgehead atoms. The van der Waals surface area contributed by atoms with Crippen molar-refractivity contribution in [3.8, 4) is 0 Å². The van der Waals surface area contributed by atoms with Crippen molar-refractivity contribution in [2.24, 2.45) is 0 Å². The first kappa shape index (κ1) is 23.7. The largest absolute Gasteiger partial charge is 0.381 e. The van der Waals surface area contributed by atoms with Crippen molar-refractivity contribution >= 4 is 0 Å². The molecule has 0 atom stereocenters. The number of rotatable bonds is 0. The maximum absolute atomic E-state index is 4.94. The van der Waals surface area contributed by atoms with E-state index in [2.05, 4.69) is 20.8 Å². The van der Waals surface area contributed by atoms with Crippen LogP contribution in [0.4, 0.5) is 0 Å². The van der Waals surface area contributed by atoms with Crippen LogP contribution in [0.5, 0.6) is 0 Å². The molecule has 0 aromatic carbocycles. The smallest absolute Gasteiger partial charge is 0.0466 e. The topological polar surface area (TPSA) is 9.23 Å². The van der Waals surface area contributed by atoms with Gasteiger partial charge >= 0.3 is 0 Å². The molecule has 3 rings (SSSR count). The zero-order chi connectivity index (χ0) is 14.2. The second-order valence-electron chi connectivity index (χ2n) is 4.74. The van der Waals surface area contributed by atoms with Gasteiger partial charge in [0.2, 0.25) is 0 Å².